The molecule has 0 saturated carbocycles. The van der Waals surface area contributed by atoms with E-state index in [1.807, 2.05) is 12.1 Å². The quantitative estimate of drug-likeness (QED) is 0.843. The van der Waals surface area contributed by atoms with Crippen molar-refractivity contribution in [1.82, 2.24) is 9.78 Å². The smallest absolute Gasteiger partial charge is 0.139 e. The predicted molar refractivity (Wildman–Crippen MR) is 86.0 cm³/mol. The highest BCUT2D eigenvalue weighted by Crippen LogP contribution is 2.36. The van der Waals surface area contributed by atoms with Gasteiger partial charge in [0.05, 0.1) is 16.2 Å². The topological polar surface area (TPSA) is 55.9 Å². The van der Waals surface area contributed by atoms with Crippen molar-refractivity contribution in [3.05, 3.63) is 40.0 Å². The molecule has 0 spiro atoms. The van der Waals surface area contributed by atoms with E-state index in [-0.39, 0.29) is 6.04 Å². The van der Waals surface area contributed by atoms with Crippen LogP contribution in [0.3, 0.4) is 0 Å². The second-order valence-electron chi connectivity index (χ2n) is 5.21. The fourth-order valence-electron chi connectivity index (χ4n) is 2.77. The standard InChI is InChI=1S/C15H19BrN4/c1-2-4-12-14(16)15-18-8-7-13(20(15)19-12)10-5-3-6-11(17)9-10/h3,5-6,9,13,18H,2,4,7-8,17H2,1H3. The van der Waals surface area contributed by atoms with Gasteiger partial charge in [-0.2, -0.15) is 5.10 Å². The summed E-state index contributed by atoms with van der Waals surface area (Å²) in [6.45, 7) is 3.13. The van der Waals surface area contributed by atoms with Crippen LogP contribution in [0.4, 0.5) is 11.5 Å². The molecule has 2 heterocycles. The van der Waals surface area contributed by atoms with Gasteiger partial charge in [-0.25, -0.2) is 4.68 Å². The van der Waals surface area contributed by atoms with Crippen LogP contribution in [0.1, 0.15) is 37.1 Å². The lowest BCUT2D eigenvalue weighted by molar-refractivity contribution is 0.478. The summed E-state index contributed by atoms with van der Waals surface area (Å²) in [5, 5.41) is 8.24. The van der Waals surface area contributed by atoms with Crippen LogP contribution in [0.25, 0.3) is 0 Å². The lowest BCUT2D eigenvalue weighted by Gasteiger charge is -2.26. The van der Waals surface area contributed by atoms with Crippen LogP contribution in [0.2, 0.25) is 0 Å². The molecule has 0 radical (unpaired) electrons. The highest BCUT2D eigenvalue weighted by atomic mass is 79.9. The molecule has 1 aliphatic rings. The molecule has 106 valence electrons. The van der Waals surface area contributed by atoms with Gasteiger partial charge in [0, 0.05) is 12.2 Å². The Bertz CT molecular complexity index is 620. The number of nitrogens with zero attached hydrogens (tertiary/aromatic N) is 2. The van der Waals surface area contributed by atoms with Gasteiger partial charge in [0.2, 0.25) is 0 Å². The Morgan fingerprint density at radius 1 is 1.50 bits per heavy atom. The van der Waals surface area contributed by atoms with Crippen molar-refractivity contribution in [2.24, 2.45) is 0 Å². The Labute approximate surface area is 127 Å². The molecule has 0 fully saturated rings. The number of aromatic nitrogens is 2. The molecule has 2 aromatic rings. The lowest BCUT2D eigenvalue weighted by Crippen LogP contribution is -2.24. The van der Waals surface area contributed by atoms with Gasteiger partial charge < -0.3 is 11.1 Å². The molecule has 1 aliphatic heterocycles. The summed E-state index contributed by atoms with van der Waals surface area (Å²) in [6, 6.07) is 8.38. The summed E-state index contributed by atoms with van der Waals surface area (Å²) in [4.78, 5) is 0. The summed E-state index contributed by atoms with van der Waals surface area (Å²) in [5.41, 5.74) is 9.08. The second kappa shape index (κ2) is 5.48. The van der Waals surface area contributed by atoms with E-state index < -0.39 is 0 Å². The molecule has 1 aromatic heterocycles. The number of anilines is 2. The van der Waals surface area contributed by atoms with Crippen molar-refractivity contribution >= 4 is 27.4 Å². The van der Waals surface area contributed by atoms with Gasteiger partial charge in [0.25, 0.3) is 0 Å². The van der Waals surface area contributed by atoms with E-state index in [1.54, 1.807) is 0 Å². The molecular formula is C15H19BrN4. The monoisotopic (exact) mass is 334 g/mol. The van der Waals surface area contributed by atoms with Gasteiger partial charge in [-0.05, 0) is 46.5 Å². The summed E-state index contributed by atoms with van der Waals surface area (Å²) < 4.78 is 3.21. The van der Waals surface area contributed by atoms with Crippen molar-refractivity contribution in [1.29, 1.82) is 0 Å². The maximum absolute atomic E-state index is 5.91. The maximum Gasteiger partial charge on any atom is 0.139 e. The Kier molecular flexibility index (Phi) is 3.70. The molecule has 5 heteroatoms. The van der Waals surface area contributed by atoms with Crippen molar-refractivity contribution < 1.29 is 0 Å². The number of nitrogen functional groups attached to an aromatic ring is 1. The van der Waals surface area contributed by atoms with Gasteiger partial charge in [0.1, 0.15) is 5.82 Å². The zero-order valence-electron chi connectivity index (χ0n) is 11.6. The maximum atomic E-state index is 5.91. The third-order valence-electron chi connectivity index (χ3n) is 3.71. The highest BCUT2D eigenvalue weighted by molar-refractivity contribution is 9.10. The van der Waals surface area contributed by atoms with Crippen LogP contribution in [0.5, 0.6) is 0 Å². The molecule has 0 saturated heterocycles. The largest absolute Gasteiger partial charge is 0.399 e. The normalized spacial score (nSPS) is 17.6. The number of hydrogen-bond acceptors (Lipinski definition) is 3. The van der Waals surface area contributed by atoms with E-state index in [4.69, 9.17) is 10.8 Å². The minimum Gasteiger partial charge on any atom is -0.399 e. The van der Waals surface area contributed by atoms with E-state index in [0.717, 1.165) is 47.5 Å². The lowest BCUT2D eigenvalue weighted by atomic mass is 10.0. The molecule has 4 nitrogen and oxygen atoms in total. The van der Waals surface area contributed by atoms with E-state index in [2.05, 4.69) is 45.0 Å². The molecule has 1 unspecified atom stereocenters. The molecule has 3 rings (SSSR count). The molecule has 1 atom stereocenters. The van der Waals surface area contributed by atoms with Crippen LogP contribution in [0.15, 0.2) is 28.7 Å². The van der Waals surface area contributed by atoms with E-state index in [9.17, 15) is 0 Å². The Morgan fingerprint density at radius 3 is 3.10 bits per heavy atom. The number of nitrogens with two attached hydrogens (primary N) is 1. The first kappa shape index (κ1) is 13.5. The molecule has 1 aromatic carbocycles. The van der Waals surface area contributed by atoms with Crippen LogP contribution >= 0.6 is 15.9 Å². The van der Waals surface area contributed by atoms with Gasteiger partial charge in [0.15, 0.2) is 0 Å². The van der Waals surface area contributed by atoms with Crippen LogP contribution in [-0.4, -0.2) is 16.3 Å². The highest BCUT2D eigenvalue weighted by Gasteiger charge is 2.26. The number of benzene rings is 1. The summed E-state index contributed by atoms with van der Waals surface area (Å²) in [7, 11) is 0. The Hall–Kier alpha value is -1.49. The van der Waals surface area contributed by atoms with Crippen molar-refractivity contribution in [3.63, 3.8) is 0 Å². The zero-order valence-corrected chi connectivity index (χ0v) is 13.2. The zero-order chi connectivity index (χ0) is 14.1. The Balaban J connectivity index is 2.03. The second-order valence-corrected chi connectivity index (χ2v) is 6.00. The third kappa shape index (κ3) is 2.30. The minimum absolute atomic E-state index is 0.261. The number of aryl methyl sites for hydroxylation is 1. The fourth-order valence-corrected chi connectivity index (χ4v) is 3.36. The van der Waals surface area contributed by atoms with E-state index in [0.29, 0.717) is 0 Å². The summed E-state index contributed by atoms with van der Waals surface area (Å²) >= 11 is 3.68. The Morgan fingerprint density at radius 2 is 2.35 bits per heavy atom. The first-order valence-corrected chi connectivity index (χ1v) is 7.86. The van der Waals surface area contributed by atoms with Crippen molar-refractivity contribution in [3.8, 4) is 0 Å². The van der Waals surface area contributed by atoms with Gasteiger partial charge in [-0.15, -0.1) is 0 Å². The van der Waals surface area contributed by atoms with Crippen LogP contribution < -0.4 is 11.1 Å². The summed E-state index contributed by atoms with van der Waals surface area (Å²) in [6.07, 6.45) is 3.11. The van der Waals surface area contributed by atoms with E-state index >= 15 is 0 Å². The van der Waals surface area contributed by atoms with Crippen LogP contribution in [-0.2, 0) is 6.42 Å². The van der Waals surface area contributed by atoms with Gasteiger partial charge in [-0.3, -0.25) is 0 Å². The first-order valence-electron chi connectivity index (χ1n) is 7.07. The average molecular weight is 335 g/mol. The number of halogens is 1. The minimum atomic E-state index is 0.261. The number of nitrogens with one attached hydrogen (secondary N) is 1. The first-order chi connectivity index (χ1) is 9.70. The van der Waals surface area contributed by atoms with Crippen molar-refractivity contribution in [2.75, 3.05) is 17.6 Å². The van der Waals surface area contributed by atoms with Gasteiger partial charge in [-0.1, -0.05) is 25.5 Å². The molecule has 0 amide bonds. The SMILES string of the molecule is CCCc1nn2c(c1Br)NCCC2c1cccc(N)c1. The number of fused-ring (bicyclic) bond motifs is 1. The molecule has 3 N–H and O–H groups in total. The number of hydrogen-bond donors (Lipinski definition) is 2. The molecular weight excluding hydrogens is 316 g/mol. The van der Waals surface area contributed by atoms with E-state index in [1.165, 1.54) is 5.56 Å². The van der Waals surface area contributed by atoms with Gasteiger partial charge >= 0.3 is 0 Å². The third-order valence-corrected chi connectivity index (χ3v) is 4.54. The predicted octanol–water partition coefficient (Wildman–Crippen LogP) is 3.59. The average Bonchev–Trinajstić information content (AvgIpc) is 2.76. The molecule has 0 aliphatic carbocycles. The van der Waals surface area contributed by atoms with Crippen LogP contribution in [0, 0.1) is 0 Å². The molecule has 0 bridgehead atoms. The van der Waals surface area contributed by atoms with Crippen molar-refractivity contribution in [2.45, 2.75) is 32.2 Å². The molecule has 20 heavy (non-hydrogen) atoms. The summed E-state index contributed by atoms with van der Waals surface area (Å²) in [5.74, 6) is 1.09. The fraction of sp³-hybridized carbons (Fsp3) is 0.400. The number of rotatable bonds is 3.